The van der Waals surface area contributed by atoms with Crippen LogP contribution in [0.4, 0.5) is 11.4 Å². The van der Waals surface area contributed by atoms with Gasteiger partial charge in [-0.25, -0.2) is 0 Å². The van der Waals surface area contributed by atoms with E-state index < -0.39 is 100 Å². The molecule has 11 N–H and O–H groups in total. The fourth-order valence-electron chi connectivity index (χ4n) is 6.97. The molecular formula is C41H59N9O11. The molecule has 0 saturated carbocycles. The number of hydrogen-bond acceptors (Lipinski definition) is 12. The largest absolute Gasteiger partial charge is 0.502 e. The number of carbonyl (C=O) groups is 7. The van der Waals surface area contributed by atoms with Gasteiger partial charge in [-0.1, -0.05) is 52.0 Å². The van der Waals surface area contributed by atoms with Gasteiger partial charge >= 0.3 is 11.7 Å². The van der Waals surface area contributed by atoms with Gasteiger partial charge in [-0.2, -0.15) is 0 Å². The number of benzene rings is 2. The smallest absolute Gasteiger partial charge is 0.310 e. The van der Waals surface area contributed by atoms with E-state index in [1.54, 1.807) is 6.07 Å². The lowest BCUT2D eigenvalue weighted by molar-refractivity contribution is -0.385. The number of phenolic OH excluding ortho intramolecular Hbond substituents is 1. The summed E-state index contributed by atoms with van der Waals surface area (Å²) in [4.78, 5) is 104. The standard InChI is InChI=1S/C41H59N9O11/c1-22(2)17-29(44-21-26-9-6-7-10-27(26)42)37(55)47-30(18-23(3)4)38(56)45-24(5)41(59)49-16-8-11-32(49)40(58)48-31(19-25-12-14-34(51)33(20-25)50(60)61)39(57)46-28(36(43)54)13-15-35(52)53/h6-7,9-10,12,14,20,22-24,28-32,44,51H,8,11,13,15-19,21,42H2,1-5H3,(H2,43,54)(H,45,56)(H,46,57)(H,47,55)(H,48,58)(H,52,53)/t24-,28-,29-,30-,31-,32-/m0/s1. The molecule has 2 aromatic carbocycles. The number of primary amides is 1. The van der Waals surface area contributed by atoms with Crippen molar-refractivity contribution in [1.82, 2.24) is 31.5 Å². The molecule has 1 heterocycles. The van der Waals surface area contributed by atoms with E-state index in [1.807, 2.05) is 45.9 Å². The molecule has 1 fully saturated rings. The van der Waals surface area contributed by atoms with Crippen molar-refractivity contribution in [3.63, 3.8) is 0 Å². The van der Waals surface area contributed by atoms with Crippen LogP contribution in [0.1, 0.15) is 84.3 Å². The molecule has 1 saturated heterocycles. The van der Waals surface area contributed by atoms with Gasteiger partial charge in [0.25, 0.3) is 0 Å². The van der Waals surface area contributed by atoms with E-state index >= 15 is 0 Å². The van der Waals surface area contributed by atoms with E-state index in [4.69, 9.17) is 16.6 Å². The topological polar surface area (TPSA) is 319 Å². The van der Waals surface area contributed by atoms with E-state index in [2.05, 4.69) is 26.6 Å². The minimum atomic E-state index is -1.52. The minimum Gasteiger partial charge on any atom is -0.502 e. The monoisotopic (exact) mass is 853 g/mol. The minimum absolute atomic E-state index is 0.0254. The number of anilines is 1. The first-order valence-electron chi connectivity index (χ1n) is 20.2. The van der Waals surface area contributed by atoms with Gasteiger partial charge in [-0.05, 0) is 74.1 Å². The molecule has 0 spiro atoms. The predicted molar refractivity (Wildman–Crippen MR) is 223 cm³/mol. The second kappa shape index (κ2) is 22.9. The normalized spacial score (nSPS) is 16.2. The second-order valence-corrected chi connectivity index (χ2v) is 16.1. The van der Waals surface area contributed by atoms with Gasteiger partial charge in [0.15, 0.2) is 5.75 Å². The Balaban J connectivity index is 1.78. The summed E-state index contributed by atoms with van der Waals surface area (Å²) in [6, 6.07) is 3.70. The molecular weight excluding hydrogens is 795 g/mol. The quantitative estimate of drug-likeness (QED) is 0.0428. The Labute approximate surface area is 354 Å². The molecule has 1 aliphatic rings. The number of nitro benzene ring substituents is 1. The Morgan fingerprint density at radius 3 is 2.07 bits per heavy atom. The van der Waals surface area contributed by atoms with E-state index in [0.29, 0.717) is 25.1 Å². The van der Waals surface area contributed by atoms with Crippen LogP contribution in [0.2, 0.25) is 0 Å². The predicted octanol–water partition coefficient (Wildman–Crippen LogP) is 0.976. The van der Waals surface area contributed by atoms with Gasteiger partial charge < -0.3 is 53.2 Å². The Bertz CT molecular complexity index is 1920. The maximum Gasteiger partial charge on any atom is 0.310 e. The maximum absolute atomic E-state index is 13.9. The van der Waals surface area contributed by atoms with Crippen molar-refractivity contribution in [3.8, 4) is 5.75 Å². The van der Waals surface area contributed by atoms with Crippen LogP contribution in [0.5, 0.6) is 5.75 Å². The number of hydrogen-bond donors (Lipinski definition) is 9. The first-order chi connectivity index (χ1) is 28.7. The molecule has 6 atom stereocenters. The van der Waals surface area contributed by atoms with Crippen LogP contribution in [-0.4, -0.2) is 104 Å². The molecule has 0 radical (unpaired) electrons. The van der Waals surface area contributed by atoms with Crippen LogP contribution in [0.15, 0.2) is 42.5 Å². The summed E-state index contributed by atoms with van der Waals surface area (Å²) in [6.45, 7) is 9.61. The van der Waals surface area contributed by atoms with Gasteiger partial charge in [0.1, 0.15) is 30.2 Å². The van der Waals surface area contributed by atoms with Gasteiger partial charge in [0, 0.05) is 37.7 Å². The number of amides is 6. The first kappa shape index (κ1) is 49.1. The lowest BCUT2D eigenvalue weighted by Crippen LogP contribution is -2.59. The molecule has 0 unspecified atom stereocenters. The number of nitrogens with two attached hydrogens (primary N) is 2. The molecule has 1 aliphatic heterocycles. The zero-order chi connectivity index (χ0) is 45.6. The molecule has 6 amide bonds. The molecule has 0 bridgehead atoms. The van der Waals surface area contributed by atoms with Crippen LogP contribution < -0.4 is 38.1 Å². The van der Waals surface area contributed by atoms with Gasteiger partial charge in [0.2, 0.25) is 35.4 Å². The van der Waals surface area contributed by atoms with E-state index in [9.17, 15) is 48.8 Å². The van der Waals surface area contributed by atoms with Crippen molar-refractivity contribution in [3.05, 3.63) is 63.7 Å². The molecule has 0 aromatic heterocycles. The lowest BCUT2D eigenvalue weighted by atomic mass is 9.99. The lowest BCUT2D eigenvalue weighted by Gasteiger charge is -2.30. The van der Waals surface area contributed by atoms with Crippen LogP contribution in [0.25, 0.3) is 0 Å². The van der Waals surface area contributed by atoms with Crippen LogP contribution >= 0.6 is 0 Å². The number of para-hydroxylation sites is 1. The number of carbonyl (C=O) groups excluding carboxylic acids is 6. The summed E-state index contributed by atoms with van der Waals surface area (Å²) in [5.41, 5.74) is 12.4. The first-order valence-corrected chi connectivity index (χ1v) is 20.2. The van der Waals surface area contributed by atoms with Gasteiger partial charge in [-0.3, -0.25) is 43.7 Å². The average Bonchev–Trinajstić information content (AvgIpc) is 3.68. The van der Waals surface area contributed by atoms with Crippen molar-refractivity contribution in [2.75, 3.05) is 12.3 Å². The number of nitro groups is 1. The Kier molecular flexibility index (Phi) is 18.4. The fraction of sp³-hybridized carbons (Fsp3) is 0.537. The molecule has 334 valence electrons. The zero-order valence-electron chi connectivity index (χ0n) is 35.1. The molecule has 0 aliphatic carbocycles. The third kappa shape index (κ3) is 15.0. The molecule has 20 nitrogen and oxygen atoms in total. The highest BCUT2D eigenvalue weighted by Crippen LogP contribution is 2.27. The fourth-order valence-corrected chi connectivity index (χ4v) is 6.97. The summed E-state index contributed by atoms with van der Waals surface area (Å²) >= 11 is 0. The number of aromatic hydroxyl groups is 1. The van der Waals surface area contributed by atoms with Crippen LogP contribution in [0.3, 0.4) is 0 Å². The van der Waals surface area contributed by atoms with Crippen molar-refractivity contribution < 1.29 is 48.7 Å². The zero-order valence-corrected chi connectivity index (χ0v) is 35.1. The van der Waals surface area contributed by atoms with Gasteiger partial charge in [0.05, 0.1) is 11.0 Å². The third-order valence-corrected chi connectivity index (χ3v) is 10.1. The summed E-state index contributed by atoms with van der Waals surface area (Å²) in [5, 5.41) is 44.3. The highest BCUT2D eigenvalue weighted by molar-refractivity contribution is 5.97. The number of rotatable bonds is 23. The molecule has 20 heteroatoms. The van der Waals surface area contributed by atoms with Crippen molar-refractivity contribution in [2.24, 2.45) is 17.6 Å². The number of carboxylic acids is 1. The van der Waals surface area contributed by atoms with Crippen LogP contribution in [0, 0.1) is 22.0 Å². The number of nitrogen functional groups attached to an aromatic ring is 1. The SMILES string of the molecule is CC(C)C[C@H](NCc1ccccc1N)C(=O)N[C@@H](CC(C)C)C(=O)N[C@@H](C)C(=O)N1CCC[C@H]1C(=O)N[C@@H](Cc1ccc(O)c([N+](=O)[O-])c1)C(=O)N[C@@H](CCC(=O)O)C(N)=O. The number of nitrogens with zero attached hydrogens (tertiary/aromatic N) is 2. The third-order valence-electron chi connectivity index (χ3n) is 10.1. The van der Waals surface area contributed by atoms with E-state index in [0.717, 1.165) is 17.7 Å². The number of likely N-dealkylation sites (tertiary alicyclic amines) is 1. The maximum atomic E-state index is 13.9. The van der Waals surface area contributed by atoms with E-state index in [-0.39, 0.29) is 49.6 Å². The number of phenols is 1. The van der Waals surface area contributed by atoms with E-state index in [1.165, 1.54) is 17.9 Å². The molecule has 3 rings (SSSR count). The summed E-state index contributed by atoms with van der Waals surface area (Å²) < 4.78 is 0. The number of nitrogens with one attached hydrogen (secondary N) is 5. The van der Waals surface area contributed by atoms with Crippen LogP contribution in [-0.2, 0) is 46.5 Å². The number of carboxylic acid groups (broad SMARTS) is 1. The van der Waals surface area contributed by atoms with Crippen molar-refractivity contribution >= 4 is 52.8 Å². The Morgan fingerprint density at radius 2 is 1.46 bits per heavy atom. The van der Waals surface area contributed by atoms with Crippen molar-refractivity contribution in [2.45, 2.75) is 122 Å². The summed E-state index contributed by atoms with van der Waals surface area (Å²) in [5.74, 6) is -6.21. The van der Waals surface area contributed by atoms with Crippen molar-refractivity contribution in [1.29, 1.82) is 0 Å². The molecule has 61 heavy (non-hydrogen) atoms. The second-order valence-electron chi connectivity index (χ2n) is 16.1. The summed E-state index contributed by atoms with van der Waals surface area (Å²) in [7, 11) is 0. The summed E-state index contributed by atoms with van der Waals surface area (Å²) in [6.07, 6.45) is 0.0158. The Morgan fingerprint density at radius 1 is 0.852 bits per heavy atom. The van der Waals surface area contributed by atoms with Gasteiger partial charge in [-0.15, -0.1) is 0 Å². The molecule has 2 aromatic rings. The highest BCUT2D eigenvalue weighted by atomic mass is 16.6. The number of aliphatic carboxylic acids is 1. The Hall–Kier alpha value is -6.31. The average molecular weight is 854 g/mol. The highest BCUT2D eigenvalue weighted by Gasteiger charge is 2.39.